The summed E-state index contributed by atoms with van der Waals surface area (Å²) in [6, 6.07) is -0.397. The Morgan fingerprint density at radius 2 is 1.12 bits per heavy atom. The molecule has 0 saturated carbocycles. The van der Waals surface area contributed by atoms with E-state index in [2.05, 4.69) is 12.2 Å². The average molecular weight is 343 g/mol. The summed E-state index contributed by atoms with van der Waals surface area (Å²) in [4.78, 5) is 11.4. The lowest BCUT2D eigenvalue weighted by molar-refractivity contribution is -0.759. The maximum atomic E-state index is 11.4. The average Bonchev–Trinajstić information content (AvgIpc) is 2.58. The van der Waals surface area contributed by atoms with Crippen molar-refractivity contribution < 1.29 is 9.86 Å². The van der Waals surface area contributed by atoms with Crippen LogP contribution in [0, 0.1) is 5.21 Å². The van der Waals surface area contributed by atoms with E-state index in [1.165, 1.54) is 77.0 Å². The summed E-state index contributed by atoms with van der Waals surface area (Å²) >= 11 is 0. The number of carbonyl (C=O) groups excluding carboxylic acids is 1. The number of carbonyl (C=O) groups is 1. The number of unbranched alkanes of at least 4 members (excludes halogenated alkanes) is 13. The molecule has 0 saturated heterocycles. The molecule has 4 nitrogen and oxygen atoms in total. The standard InChI is InChI=1S/C20H42N2O2/c1-3-5-6-7-8-9-10-11-12-13-14-15-16-17-18-21-20(23)22(24)19-4-2/h22H,3-19H2,1-2H3,(H,21,23). The first-order valence-electron chi connectivity index (χ1n) is 10.5. The van der Waals surface area contributed by atoms with E-state index in [9.17, 15) is 10.0 Å². The summed E-state index contributed by atoms with van der Waals surface area (Å²) < 4.78 is 0. The third-order valence-electron chi connectivity index (χ3n) is 4.55. The maximum absolute atomic E-state index is 11.4. The van der Waals surface area contributed by atoms with Crippen LogP contribution in [0.4, 0.5) is 4.79 Å². The van der Waals surface area contributed by atoms with Crippen LogP contribution in [0.25, 0.3) is 0 Å². The van der Waals surface area contributed by atoms with Crippen LogP contribution < -0.4 is 10.4 Å². The molecule has 0 aliphatic rings. The Hall–Kier alpha value is -0.610. The molecule has 0 bridgehead atoms. The molecule has 24 heavy (non-hydrogen) atoms. The van der Waals surface area contributed by atoms with Crippen LogP contribution >= 0.6 is 0 Å². The van der Waals surface area contributed by atoms with Crippen molar-refractivity contribution in [3.8, 4) is 0 Å². The molecule has 0 heterocycles. The van der Waals surface area contributed by atoms with Gasteiger partial charge in [-0.15, -0.1) is 0 Å². The van der Waals surface area contributed by atoms with Crippen LogP contribution in [0.1, 0.15) is 110 Å². The molecule has 0 fully saturated rings. The Kier molecular flexibility index (Phi) is 18.2. The number of nitrogens with one attached hydrogen (secondary N) is 2. The van der Waals surface area contributed by atoms with Crippen molar-refractivity contribution in [1.82, 2.24) is 5.32 Å². The van der Waals surface area contributed by atoms with Crippen molar-refractivity contribution in [3.05, 3.63) is 5.21 Å². The zero-order valence-electron chi connectivity index (χ0n) is 16.3. The fourth-order valence-corrected chi connectivity index (χ4v) is 2.96. The summed E-state index contributed by atoms with van der Waals surface area (Å²) in [5.41, 5.74) is 0. The minimum atomic E-state index is -0.397. The summed E-state index contributed by atoms with van der Waals surface area (Å²) in [7, 11) is 0. The van der Waals surface area contributed by atoms with Crippen LogP contribution in [0.3, 0.4) is 0 Å². The SMILES string of the molecule is CCCCCCCCCCCCCCCCNC(=O)[NH+]([O-])CCC. The molecule has 1 unspecified atom stereocenters. The molecule has 4 heteroatoms. The van der Waals surface area contributed by atoms with E-state index in [0.717, 1.165) is 19.3 Å². The van der Waals surface area contributed by atoms with E-state index >= 15 is 0 Å². The van der Waals surface area contributed by atoms with Crippen LogP contribution in [-0.2, 0) is 0 Å². The molecule has 2 amide bonds. The minimum absolute atomic E-state index is 0.275. The van der Waals surface area contributed by atoms with Gasteiger partial charge in [0, 0.05) is 6.54 Å². The van der Waals surface area contributed by atoms with Crippen LogP contribution in [0.15, 0.2) is 0 Å². The highest BCUT2D eigenvalue weighted by Crippen LogP contribution is 2.12. The Labute approximate surface area is 150 Å². The van der Waals surface area contributed by atoms with E-state index in [4.69, 9.17) is 0 Å². The summed E-state index contributed by atoms with van der Waals surface area (Å²) in [6.07, 6.45) is 19.4. The van der Waals surface area contributed by atoms with Gasteiger partial charge in [-0.2, -0.15) is 0 Å². The fourth-order valence-electron chi connectivity index (χ4n) is 2.96. The molecular weight excluding hydrogens is 300 g/mol. The molecule has 2 N–H and O–H groups in total. The van der Waals surface area contributed by atoms with E-state index in [-0.39, 0.29) is 5.06 Å². The van der Waals surface area contributed by atoms with Crippen LogP contribution in [0.2, 0.25) is 0 Å². The quantitative estimate of drug-likeness (QED) is 0.290. The van der Waals surface area contributed by atoms with Gasteiger partial charge >= 0.3 is 6.03 Å². The predicted octanol–water partition coefficient (Wildman–Crippen LogP) is 4.97. The van der Waals surface area contributed by atoms with Crippen LogP contribution in [-0.4, -0.2) is 19.1 Å². The first-order valence-corrected chi connectivity index (χ1v) is 10.5. The number of hydrogen-bond donors (Lipinski definition) is 2. The Bertz CT molecular complexity index is 272. The fraction of sp³-hybridized carbons (Fsp3) is 0.950. The maximum Gasteiger partial charge on any atom is 0.414 e. The van der Waals surface area contributed by atoms with Crippen LogP contribution in [0.5, 0.6) is 0 Å². The van der Waals surface area contributed by atoms with Crippen molar-refractivity contribution >= 4 is 6.03 Å². The summed E-state index contributed by atoms with van der Waals surface area (Å²) in [5, 5.41) is 13.8. The molecule has 0 rings (SSSR count). The molecule has 144 valence electrons. The first kappa shape index (κ1) is 23.4. The topological polar surface area (TPSA) is 56.6 Å². The molecule has 0 spiro atoms. The van der Waals surface area contributed by atoms with Crippen molar-refractivity contribution in [2.75, 3.05) is 13.1 Å². The van der Waals surface area contributed by atoms with Gasteiger partial charge in [0.2, 0.25) is 0 Å². The molecule has 0 radical (unpaired) electrons. The number of urea groups is 1. The van der Waals surface area contributed by atoms with Gasteiger partial charge in [-0.25, -0.2) is 4.79 Å². The Morgan fingerprint density at radius 3 is 1.54 bits per heavy atom. The second-order valence-electron chi connectivity index (χ2n) is 7.03. The van der Waals surface area contributed by atoms with Gasteiger partial charge in [-0.1, -0.05) is 97.3 Å². The largest absolute Gasteiger partial charge is 0.625 e. The molecule has 0 aromatic carbocycles. The van der Waals surface area contributed by atoms with Crippen molar-refractivity contribution in [2.45, 2.75) is 110 Å². The van der Waals surface area contributed by atoms with E-state index in [1.807, 2.05) is 6.92 Å². The predicted molar refractivity (Wildman–Crippen MR) is 103 cm³/mol. The number of amides is 2. The highest BCUT2D eigenvalue weighted by Gasteiger charge is 2.07. The molecule has 0 aromatic heterocycles. The molecule has 0 aliphatic carbocycles. The zero-order valence-corrected chi connectivity index (χ0v) is 16.3. The van der Waals surface area contributed by atoms with E-state index < -0.39 is 6.03 Å². The highest BCUT2D eigenvalue weighted by atomic mass is 16.5. The van der Waals surface area contributed by atoms with Gasteiger partial charge in [-0.05, 0) is 12.8 Å². The summed E-state index contributed by atoms with van der Waals surface area (Å²) in [6.45, 7) is 5.19. The minimum Gasteiger partial charge on any atom is -0.625 e. The smallest absolute Gasteiger partial charge is 0.414 e. The molecule has 1 atom stereocenters. The van der Waals surface area contributed by atoms with Gasteiger partial charge in [-0.3, -0.25) is 5.06 Å². The molecule has 0 aliphatic heterocycles. The molecular formula is C20H42N2O2. The van der Waals surface area contributed by atoms with Gasteiger partial charge in [0.25, 0.3) is 0 Å². The first-order chi connectivity index (χ1) is 11.7. The molecule has 0 aromatic rings. The van der Waals surface area contributed by atoms with E-state index in [1.54, 1.807) is 0 Å². The Balaban J connectivity index is 3.14. The third kappa shape index (κ3) is 16.3. The zero-order chi connectivity index (χ0) is 17.9. The van der Waals surface area contributed by atoms with Gasteiger partial charge in [0.1, 0.15) is 0 Å². The lowest BCUT2D eigenvalue weighted by atomic mass is 10.0. The normalized spacial score (nSPS) is 12.3. The summed E-state index contributed by atoms with van der Waals surface area (Å²) in [5.74, 6) is 0. The number of rotatable bonds is 17. The third-order valence-corrected chi connectivity index (χ3v) is 4.55. The number of hydroxylamine groups is 2. The lowest BCUT2D eigenvalue weighted by Crippen LogP contribution is -3.11. The Morgan fingerprint density at radius 1 is 0.708 bits per heavy atom. The van der Waals surface area contributed by atoms with E-state index in [0.29, 0.717) is 13.1 Å². The second-order valence-corrected chi connectivity index (χ2v) is 7.03. The van der Waals surface area contributed by atoms with Gasteiger partial charge in [0.05, 0.1) is 6.54 Å². The van der Waals surface area contributed by atoms with Crippen molar-refractivity contribution in [2.24, 2.45) is 0 Å². The lowest BCUT2D eigenvalue weighted by Gasteiger charge is -2.18. The van der Waals surface area contributed by atoms with Crippen molar-refractivity contribution in [3.63, 3.8) is 0 Å². The number of hydrogen-bond acceptors (Lipinski definition) is 2. The highest BCUT2D eigenvalue weighted by molar-refractivity contribution is 5.64. The van der Waals surface area contributed by atoms with Crippen molar-refractivity contribution in [1.29, 1.82) is 0 Å². The van der Waals surface area contributed by atoms with Gasteiger partial charge < -0.3 is 10.5 Å². The number of quaternary nitrogens is 1. The van der Waals surface area contributed by atoms with Gasteiger partial charge in [0.15, 0.2) is 0 Å². The monoisotopic (exact) mass is 342 g/mol. The second kappa shape index (κ2) is 18.7.